The highest BCUT2D eigenvalue weighted by Gasteiger charge is 2.47. The van der Waals surface area contributed by atoms with Crippen LogP contribution in [-0.2, 0) is 19.2 Å². The van der Waals surface area contributed by atoms with E-state index in [1.54, 1.807) is 42.5 Å². The maximum atomic E-state index is 12.8. The minimum Gasteiger partial charge on any atom is -0.495 e. The maximum absolute atomic E-state index is 12.8. The molecular formula is C26H23ClN2O6. The number of rotatable bonds is 5. The zero-order chi connectivity index (χ0) is 24.7. The van der Waals surface area contributed by atoms with Gasteiger partial charge in [0, 0.05) is 18.0 Å². The van der Waals surface area contributed by atoms with Crippen molar-refractivity contribution in [3.63, 3.8) is 0 Å². The van der Waals surface area contributed by atoms with Crippen LogP contribution < -0.4 is 19.3 Å². The largest absolute Gasteiger partial charge is 0.495 e. The first-order valence-electron chi connectivity index (χ1n) is 11.4. The lowest BCUT2D eigenvalue weighted by Gasteiger charge is -2.19. The second-order valence-electron chi connectivity index (χ2n) is 8.80. The number of hydrogen-bond acceptors (Lipinski definition) is 6. The number of ether oxygens (including phenoxy) is 2. The van der Waals surface area contributed by atoms with Crippen LogP contribution in [0.25, 0.3) is 0 Å². The maximum Gasteiger partial charge on any atom is 0.316 e. The number of halogens is 1. The average molecular weight is 495 g/mol. The molecule has 3 amide bonds. The van der Waals surface area contributed by atoms with Crippen LogP contribution in [0, 0.1) is 17.8 Å². The van der Waals surface area contributed by atoms with Gasteiger partial charge in [-0.3, -0.25) is 24.1 Å². The quantitative estimate of drug-likeness (QED) is 0.272. The minimum absolute atomic E-state index is 0.000177. The highest BCUT2D eigenvalue weighted by Crippen LogP contribution is 2.38. The van der Waals surface area contributed by atoms with Crippen molar-refractivity contribution in [1.82, 2.24) is 0 Å². The molecule has 9 heteroatoms. The molecule has 2 heterocycles. The molecule has 3 aliphatic rings. The molecular weight excluding hydrogens is 472 g/mol. The molecule has 0 radical (unpaired) electrons. The van der Waals surface area contributed by atoms with Crippen molar-refractivity contribution in [3.8, 4) is 11.5 Å². The van der Waals surface area contributed by atoms with Crippen molar-refractivity contribution >= 4 is 46.7 Å². The molecule has 1 aliphatic carbocycles. The summed E-state index contributed by atoms with van der Waals surface area (Å²) in [4.78, 5) is 53.6. The van der Waals surface area contributed by atoms with E-state index in [1.165, 1.54) is 16.9 Å². The van der Waals surface area contributed by atoms with Crippen LogP contribution in [0.15, 0.2) is 54.6 Å². The molecule has 0 saturated carbocycles. The van der Waals surface area contributed by atoms with E-state index < -0.39 is 11.9 Å². The van der Waals surface area contributed by atoms with Crippen molar-refractivity contribution in [2.45, 2.75) is 19.3 Å². The molecule has 8 nitrogen and oxygen atoms in total. The van der Waals surface area contributed by atoms with Crippen molar-refractivity contribution in [2.75, 3.05) is 23.5 Å². The smallest absolute Gasteiger partial charge is 0.316 e. The first-order chi connectivity index (χ1) is 16.9. The van der Waals surface area contributed by atoms with Gasteiger partial charge in [0.2, 0.25) is 17.7 Å². The normalized spacial score (nSPS) is 23.6. The van der Waals surface area contributed by atoms with E-state index in [9.17, 15) is 19.2 Å². The van der Waals surface area contributed by atoms with Crippen LogP contribution in [0.1, 0.15) is 19.3 Å². The fourth-order valence-corrected chi connectivity index (χ4v) is 5.06. The Labute approximate surface area is 207 Å². The number of nitrogens with zero attached hydrogens (tertiary/aromatic N) is 2. The summed E-state index contributed by atoms with van der Waals surface area (Å²) in [5.74, 6) is -1.72. The molecule has 2 aliphatic heterocycles. The van der Waals surface area contributed by atoms with Crippen molar-refractivity contribution in [3.05, 3.63) is 59.6 Å². The molecule has 0 unspecified atom stereocenters. The SMILES string of the molecule is COc1ccc(Cl)cc1N1C[C@H](C(=O)Oc2ccc(N3C(=O)[C@H]4CC=CC[C@@H]4C3=O)cc2)CC1=O. The summed E-state index contributed by atoms with van der Waals surface area (Å²) in [6.07, 6.45) is 5.02. The zero-order valence-corrected chi connectivity index (χ0v) is 19.7. The van der Waals surface area contributed by atoms with Crippen molar-refractivity contribution in [2.24, 2.45) is 17.8 Å². The van der Waals surface area contributed by atoms with Crippen molar-refractivity contribution in [1.29, 1.82) is 0 Å². The lowest BCUT2D eigenvalue weighted by molar-refractivity contribution is -0.139. The Hall–Kier alpha value is -3.65. The second-order valence-corrected chi connectivity index (χ2v) is 9.24. The molecule has 5 rings (SSSR count). The van der Waals surface area contributed by atoms with Gasteiger partial charge in [0.1, 0.15) is 11.5 Å². The van der Waals surface area contributed by atoms with Gasteiger partial charge < -0.3 is 14.4 Å². The lowest BCUT2D eigenvalue weighted by Crippen LogP contribution is -2.30. The topological polar surface area (TPSA) is 93.2 Å². The predicted molar refractivity (Wildman–Crippen MR) is 128 cm³/mol. The van der Waals surface area contributed by atoms with Gasteiger partial charge in [0.15, 0.2) is 0 Å². The molecule has 2 aromatic rings. The van der Waals surface area contributed by atoms with Crippen LogP contribution in [-0.4, -0.2) is 37.3 Å². The Morgan fingerprint density at radius 1 is 0.971 bits per heavy atom. The molecule has 180 valence electrons. The fourth-order valence-electron chi connectivity index (χ4n) is 4.89. The third-order valence-corrected chi connectivity index (χ3v) is 6.95. The number of anilines is 2. The number of carbonyl (C=O) groups excluding carboxylic acids is 4. The lowest BCUT2D eigenvalue weighted by atomic mass is 9.85. The van der Waals surface area contributed by atoms with E-state index in [0.29, 0.717) is 35.0 Å². The Balaban J connectivity index is 1.26. The molecule has 2 saturated heterocycles. The van der Waals surface area contributed by atoms with E-state index in [-0.39, 0.29) is 48.3 Å². The Bertz CT molecular complexity index is 1210. The van der Waals surface area contributed by atoms with Crippen LogP contribution in [0.5, 0.6) is 11.5 Å². The van der Waals surface area contributed by atoms with Crippen LogP contribution >= 0.6 is 11.6 Å². The van der Waals surface area contributed by atoms with Gasteiger partial charge in [-0.1, -0.05) is 23.8 Å². The third-order valence-electron chi connectivity index (χ3n) is 6.71. The van der Waals surface area contributed by atoms with Gasteiger partial charge in [-0.05, 0) is 55.3 Å². The number of carbonyl (C=O) groups is 4. The summed E-state index contributed by atoms with van der Waals surface area (Å²) in [7, 11) is 1.50. The van der Waals surface area contributed by atoms with Crippen LogP contribution in [0.2, 0.25) is 5.02 Å². The van der Waals surface area contributed by atoms with Gasteiger partial charge in [-0.2, -0.15) is 0 Å². The monoisotopic (exact) mass is 494 g/mol. The standard InChI is InChI=1S/C26H23ClN2O6/c1-34-22-11-6-16(27)13-21(22)28-14-15(12-23(28)30)26(33)35-18-9-7-17(8-10-18)29-24(31)19-4-2-3-5-20(19)25(29)32/h2-3,6-11,13,15,19-20H,4-5,12,14H2,1H3/t15-,19+,20+/m1/s1. The summed E-state index contributed by atoms with van der Waals surface area (Å²) >= 11 is 6.09. The number of methoxy groups -OCH3 is 1. The molecule has 0 N–H and O–H groups in total. The van der Waals surface area contributed by atoms with Gasteiger partial charge in [0.05, 0.1) is 36.2 Å². The van der Waals surface area contributed by atoms with Gasteiger partial charge in [-0.25, -0.2) is 0 Å². The second kappa shape index (κ2) is 9.19. The Morgan fingerprint density at radius 2 is 1.63 bits per heavy atom. The number of imide groups is 1. The highest BCUT2D eigenvalue weighted by atomic mass is 35.5. The average Bonchev–Trinajstić information content (AvgIpc) is 3.37. The molecule has 2 fully saturated rings. The molecule has 0 aromatic heterocycles. The van der Waals surface area contributed by atoms with Crippen LogP contribution in [0.3, 0.4) is 0 Å². The summed E-state index contributed by atoms with van der Waals surface area (Å²) < 4.78 is 10.8. The number of hydrogen-bond donors (Lipinski definition) is 0. The number of benzene rings is 2. The summed E-state index contributed by atoms with van der Waals surface area (Å²) in [5.41, 5.74) is 0.949. The molecule has 0 spiro atoms. The summed E-state index contributed by atoms with van der Waals surface area (Å²) in [6, 6.07) is 11.2. The fraction of sp³-hybridized carbons (Fsp3) is 0.308. The summed E-state index contributed by atoms with van der Waals surface area (Å²) in [5, 5.41) is 0.449. The molecule has 2 aromatic carbocycles. The highest BCUT2D eigenvalue weighted by molar-refractivity contribution is 6.31. The Kier molecular flexibility index (Phi) is 6.06. The van der Waals surface area contributed by atoms with Gasteiger partial charge in [0.25, 0.3) is 0 Å². The number of allylic oxidation sites excluding steroid dienone is 2. The minimum atomic E-state index is -0.664. The van der Waals surface area contributed by atoms with E-state index in [4.69, 9.17) is 21.1 Å². The number of fused-ring (bicyclic) bond motifs is 1. The third kappa shape index (κ3) is 4.18. The summed E-state index contributed by atoms with van der Waals surface area (Å²) in [6.45, 7) is 0.139. The predicted octanol–water partition coefficient (Wildman–Crippen LogP) is 3.76. The Morgan fingerprint density at radius 3 is 2.26 bits per heavy atom. The molecule has 35 heavy (non-hydrogen) atoms. The van der Waals surface area contributed by atoms with E-state index >= 15 is 0 Å². The van der Waals surface area contributed by atoms with Crippen LogP contribution in [0.4, 0.5) is 11.4 Å². The first kappa shape index (κ1) is 23.1. The van der Waals surface area contributed by atoms with Gasteiger partial charge >= 0.3 is 5.97 Å². The number of esters is 1. The first-order valence-corrected chi connectivity index (χ1v) is 11.7. The van der Waals surface area contributed by atoms with E-state index in [2.05, 4.69) is 0 Å². The number of amides is 3. The van der Waals surface area contributed by atoms with E-state index in [0.717, 1.165) is 0 Å². The molecule has 3 atom stereocenters. The molecule has 0 bridgehead atoms. The zero-order valence-electron chi connectivity index (χ0n) is 19.0. The van der Waals surface area contributed by atoms with Gasteiger partial charge in [-0.15, -0.1) is 0 Å². The van der Waals surface area contributed by atoms with Crippen molar-refractivity contribution < 1.29 is 28.7 Å². The van der Waals surface area contributed by atoms with E-state index in [1.807, 2.05) is 12.2 Å².